The summed E-state index contributed by atoms with van der Waals surface area (Å²) in [7, 11) is 0. The number of carboxylic acids is 2. The quantitative estimate of drug-likeness (QED) is 0.0359. The number of carboxylic acid groups (broad SMARTS) is 2. The maximum Gasteiger partial charge on any atom is 0.327 e. The molecular weight excluding hydrogens is 829 g/mol. The van der Waals surface area contributed by atoms with E-state index >= 15 is 0 Å². The molecule has 9 amide bonds. The molecule has 0 radical (unpaired) electrons. The molecule has 1 heterocycles. The fourth-order valence-electron chi connectivity index (χ4n) is 5.30. The van der Waals surface area contributed by atoms with Gasteiger partial charge in [-0.2, -0.15) is 25.3 Å². The number of amides is 9. The summed E-state index contributed by atoms with van der Waals surface area (Å²) in [5, 5.41) is 53.1. The van der Waals surface area contributed by atoms with Crippen molar-refractivity contribution < 1.29 is 73.2 Å². The predicted octanol–water partition coefficient (Wildman–Crippen LogP) is -7.59. The van der Waals surface area contributed by atoms with Crippen molar-refractivity contribution in [2.45, 2.75) is 93.8 Å². The fraction of sp³-hybridized carbons (Fsp3) is 0.656. The number of rotatable bonds is 26. The first kappa shape index (κ1) is 51.8. The summed E-state index contributed by atoms with van der Waals surface area (Å²) in [5.74, 6) is -11.6. The molecule has 0 unspecified atom stereocenters. The minimum absolute atomic E-state index is 0.0497. The molecule has 1 aliphatic heterocycles. The average molecular weight is 881 g/mol. The maximum absolute atomic E-state index is 13.4. The van der Waals surface area contributed by atoms with E-state index in [0.717, 1.165) is 4.90 Å². The van der Waals surface area contributed by atoms with E-state index in [9.17, 15) is 68.1 Å². The highest BCUT2D eigenvalue weighted by atomic mass is 32.1. The van der Waals surface area contributed by atoms with E-state index < -0.39 is 146 Å². The highest BCUT2D eigenvalue weighted by Gasteiger charge is 2.38. The van der Waals surface area contributed by atoms with Gasteiger partial charge in [0.2, 0.25) is 53.2 Å². The Morgan fingerprint density at radius 2 is 1.19 bits per heavy atom. The lowest BCUT2D eigenvalue weighted by Gasteiger charge is -2.28. The summed E-state index contributed by atoms with van der Waals surface area (Å²) >= 11 is 7.72. The molecule has 1 fully saturated rings. The molecule has 0 spiro atoms. The maximum atomic E-state index is 13.4. The van der Waals surface area contributed by atoms with E-state index in [4.69, 9.17) is 16.6 Å². The SMILES string of the molecule is C[C@H](NC(=O)[C@H](CCC(N)=O)NC(=O)[C@@H](N)CS)C(=O)N1CCC[C@H]1C(=O)NCC(=O)N[C@@H](CCC(=O)O)C(=O)N[C@@H](CO)C(=O)N[C@@H](CO)C(=O)N[C@@H](CS)C(=O)O. The molecule has 332 valence electrons. The van der Waals surface area contributed by atoms with Crippen molar-refractivity contribution in [2.75, 3.05) is 37.8 Å². The van der Waals surface area contributed by atoms with Crippen molar-refractivity contribution in [3.63, 3.8) is 0 Å². The normalized spacial score (nSPS) is 17.0. The van der Waals surface area contributed by atoms with Crippen molar-refractivity contribution >= 4 is 90.4 Å². The number of aliphatic hydroxyl groups excluding tert-OH is 2. The van der Waals surface area contributed by atoms with Crippen molar-refractivity contribution in [3.05, 3.63) is 0 Å². The zero-order valence-corrected chi connectivity index (χ0v) is 33.7. The third-order valence-corrected chi connectivity index (χ3v) is 9.32. The molecule has 0 aromatic heterocycles. The van der Waals surface area contributed by atoms with E-state index in [-0.39, 0.29) is 37.3 Å². The van der Waals surface area contributed by atoms with Gasteiger partial charge in [-0.3, -0.25) is 47.9 Å². The van der Waals surface area contributed by atoms with Gasteiger partial charge in [0.15, 0.2) is 0 Å². The largest absolute Gasteiger partial charge is 0.481 e. The van der Waals surface area contributed by atoms with Crippen molar-refractivity contribution in [3.8, 4) is 0 Å². The van der Waals surface area contributed by atoms with Crippen LogP contribution in [0.15, 0.2) is 0 Å². The van der Waals surface area contributed by atoms with Crippen LogP contribution in [0.25, 0.3) is 0 Å². The van der Waals surface area contributed by atoms with E-state index in [1.54, 1.807) is 0 Å². The predicted molar refractivity (Wildman–Crippen MR) is 208 cm³/mol. The molecule has 25 nitrogen and oxygen atoms in total. The van der Waals surface area contributed by atoms with Gasteiger partial charge in [-0.05, 0) is 32.6 Å². The van der Waals surface area contributed by atoms with Gasteiger partial charge in [-0.1, -0.05) is 0 Å². The van der Waals surface area contributed by atoms with Gasteiger partial charge in [-0.15, -0.1) is 0 Å². The second-order valence-electron chi connectivity index (χ2n) is 13.1. The van der Waals surface area contributed by atoms with Gasteiger partial charge < -0.3 is 74.0 Å². The highest BCUT2D eigenvalue weighted by molar-refractivity contribution is 7.80. The molecule has 0 saturated carbocycles. The molecule has 59 heavy (non-hydrogen) atoms. The average Bonchev–Trinajstić information content (AvgIpc) is 3.69. The van der Waals surface area contributed by atoms with Gasteiger partial charge in [-0.25, -0.2) is 4.79 Å². The molecule has 27 heteroatoms. The summed E-state index contributed by atoms with van der Waals surface area (Å²) in [6, 6.07) is -11.4. The number of likely N-dealkylation sites (tertiary alicyclic amines) is 1. The van der Waals surface area contributed by atoms with E-state index in [0.29, 0.717) is 6.42 Å². The van der Waals surface area contributed by atoms with Crippen LogP contribution in [0.1, 0.15) is 45.4 Å². The minimum atomic E-state index is -1.82. The third kappa shape index (κ3) is 17.6. The number of aliphatic hydroxyl groups is 2. The molecule has 1 saturated heterocycles. The molecular formula is C32H52N10O15S2. The van der Waals surface area contributed by atoms with Gasteiger partial charge in [0.05, 0.1) is 25.8 Å². The number of carbonyl (C=O) groups excluding carboxylic acids is 9. The molecule has 1 aliphatic rings. The number of hydrogen-bond acceptors (Lipinski definition) is 16. The van der Waals surface area contributed by atoms with Crippen LogP contribution >= 0.6 is 25.3 Å². The van der Waals surface area contributed by atoms with Gasteiger partial charge >= 0.3 is 11.9 Å². The summed E-state index contributed by atoms with van der Waals surface area (Å²) < 4.78 is 0. The Morgan fingerprint density at radius 3 is 1.68 bits per heavy atom. The zero-order valence-electron chi connectivity index (χ0n) is 31.9. The molecule has 0 aromatic rings. The molecule has 0 bridgehead atoms. The number of nitrogens with two attached hydrogens (primary N) is 2. The Balaban J connectivity index is 2.94. The third-order valence-electron chi connectivity index (χ3n) is 8.56. The fourth-order valence-corrected chi connectivity index (χ4v) is 5.72. The number of primary amides is 1. The van der Waals surface area contributed by atoms with Crippen LogP contribution in [0.3, 0.4) is 0 Å². The number of thiol groups is 2. The lowest BCUT2D eigenvalue weighted by atomic mass is 10.1. The van der Waals surface area contributed by atoms with E-state index in [1.165, 1.54) is 6.92 Å². The number of aliphatic carboxylic acids is 2. The van der Waals surface area contributed by atoms with Crippen LogP contribution in [0, 0.1) is 0 Å². The summed E-state index contributed by atoms with van der Waals surface area (Å²) in [6.45, 7) is -1.48. The first-order valence-corrected chi connectivity index (χ1v) is 19.3. The van der Waals surface area contributed by atoms with Crippen LogP contribution in [0.4, 0.5) is 0 Å². The van der Waals surface area contributed by atoms with Crippen LogP contribution in [0.2, 0.25) is 0 Å². The van der Waals surface area contributed by atoms with Gasteiger partial charge in [0.25, 0.3) is 0 Å². The number of nitrogens with zero attached hydrogens (tertiary/aromatic N) is 1. The van der Waals surface area contributed by atoms with Gasteiger partial charge in [0, 0.05) is 30.9 Å². The Kier molecular flexibility index (Phi) is 22.8. The molecule has 0 aromatic carbocycles. The molecule has 8 atom stereocenters. The Morgan fingerprint density at radius 1 is 0.695 bits per heavy atom. The lowest BCUT2D eigenvalue weighted by molar-refractivity contribution is -0.142. The Bertz CT molecular complexity index is 1570. The van der Waals surface area contributed by atoms with Crippen LogP contribution < -0.4 is 48.7 Å². The minimum Gasteiger partial charge on any atom is -0.481 e. The number of hydrogen-bond donors (Lipinski definition) is 15. The van der Waals surface area contributed by atoms with Crippen molar-refractivity contribution in [1.29, 1.82) is 0 Å². The first-order chi connectivity index (χ1) is 27.7. The van der Waals surface area contributed by atoms with Crippen LogP contribution in [-0.4, -0.2) is 177 Å². The van der Waals surface area contributed by atoms with E-state index in [1.807, 2.05) is 10.6 Å². The van der Waals surface area contributed by atoms with E-state index in [2.05, 4.69) is 51.8 Å². The standard InChI is InChI=1S/C32H52N10O15S2/c1-14(36-26(50)17(4-6-22(34)45)38-25(49)15(33)12-58)31(55)42-8-2-3-21(42)30(54)35-9-23(46)37-16(5-7-24(47)48)27(51)39-18(10-43)28(52)40-19(11-44)29(53)41-20(13-59)32(56)57/h14-21,43-44,58-59H,2-13,33H2,1H3,(H2,34,45)(H,35,54)(H,36,50)(H,37,46)(H,38,49)(H,39,51)(H,40,52)(H,41,53)(H,47,48)(H,56,57)/t14-,15-,16-,17-,18-,19-,20-,21-/m0/s1. The number of carbonyl (C=O) groups is 11. The zero-order chi connectivity index (χ0) is 45.0. The lowest BCUT2D eigenvalue weighted by Crippen LogP contribution is -2.60. The molecule has 15 N–H and O–H groups in total. The van der Waals surface area contributed by atoms with Crippen LogP contribution in [0.5, 0.6) is 0 Å². The Labute approximate surface area is 348 Å². The molecule has 1 rings (SSSR count). The van der Waals surface area contributed by atoms with Gasteiger partial charge in [0.1, 0.15) is 42.3 Å². The molecule has 0 aliphatic carbocycles. The smallest absolute Gasteiger partial charge is 0.327 e. The first-order valence-electron chi connectivity index (χ1n) is 18.0. The monoisotopic (exact) mass is 880 g/mol. The summed E-state index contributed by atoms with van der Waals surface area (Å²) in [4.78, 5) is 138. The van der Waals surface area contributed by atoms with Crippen molar-refractivity contribution in [1.82, 2.24) is 42.1 Å². The highest BCUT2D eigenvalue weighted by Crippen LogP contribution is 2.19. The summed E-state index contributed by atoms with van der Waals surface area (Å²) in [6.07, 6.45) is -1.19. The second-order valence-corrected chi connectivity index (χ2v) is 13.8. The number of nitrogens with one attached hydrogen (secondary N) is 7. The summed E-state index contributed by atoms with van der Waals surface area (Å²) in [5.41, 5.74) is 10.8. The Hall–Kier alpha value is -5.25. The topological polar surface area (TPSA) is 408 Å². The van der Waals surface area contributed by atoms with Crippen molar-refractivity contribution in [2.24, 2.45) is 11.5 Å². The van der Waals surface area contributed by atoms with Crippen LogP contribution in [-0.2, 0) is 52.7 Å². The second kappa shape index (κ2) is 26.0.